The maximum absolute atomic E-state index is 11.9. The molecule has 4 rings (SSSR count). The van der Waals surface area contributed by atoms with Gasteiger partial charge in [-0.3, -0.25) is 14.9 Å². The lowest BCUT2D eigenvalue weighted by atomic mass is 9.90. The molecule has 0 aliphatic carbocycles. The van der Waals surface area contributed by atoms with Crippen LogP contribution in [0.5, 0.6) is 0 Å². The summed E-state index contributed by atoms with van der Waals surface area (Å²) in [7, 11) is 1.95. The van der Waals surface area contributed by atoms with Gasteiger partial charge < -0.3 is 15.1 Å². The predicted octanol–water partition coefficient (Wildman–Crippen LogP) is 3.91. The summed E-state index contributed by atoms with van der Waals surface area (Å²) >= 11 is 0. The fourth-order valence-electron chi connectivity index (χ4n) is 4.35. The average molecular weight is 380 g/mol. The second-order valence-electron chi connectivity index (χ2n) is 7.40. The highest BCUT2D eigenvalue weighted by Gasteiger charge is 2.36. The minimum absolute atomic E-state index is 0.0773. The molecule has 7 heteroatoms. The van der Waals surface area contributed by atoms with Crippen LogP contribution in [0, 0.1) is 10.1 Å². The van der Waals surface area contributed by atoms with Crippen LogP contribution in [0.1, 0.15) is 37.8 Å². The number of fused-ring (bicyclic) bond motifs is 5. The van der Waals surface area contributed by atoms with E-state index >= 15 is 0 Å². The van der Waals surface area contributed by atoms with Gasteiger partial charge in [-0.05, 0) is 30.5 Å². The van der Waals surface area contributed by atoms with E-state index in [4.69, 9.17) is 0 Å². The lowest BCUT2D eigenvalue weighted by molar-refractivity contribution is -0.384. The highest BCUT2D eigenvalue weighted by Crippen LogP contribution is 2.48. The molecule has 0 saturated carbocycles. The largest absolute Gasteiger partial charge is 0.363 e. The highest BCUT2D eigenvalue weighted by atomic mass is 16.6. The van der Waals surface area contributed by atoms with E-state index in [2.05, 4.69) is 22.3 Å². The van der Waals surface area contributed by atoms with Gasteiger partial charge in [0.25, 0.3) is 5.69 Å². The molecule has 0 aromatic heterocycles. The second-order valence-corrected chi connectivity index (χ2v) is 7.40. The number of hydrogen-bond acceptors (Lipinski definition) is 5. The third kappa shape index (κ3) is 3.06. The number of para-hydroxylation sites is 1. The maximum atomic E-state index is 11.9. The van der Waals surface area contributed by atoms with Crippen LogP contribution >= 0.6 is 0 Å². The number of non-ortho nitro benzene ring substituents is 1. The summed E-state index contributed by atoms with van der Waals surface area (Å²) in [5, 5.41) is 14.5. The van der Waals surface area contributed by atoms with Gasteiger partial charge in [0.1, 0.15) is 0 Å². The number of nitro groups is 1. The standard InChI is InChI=1S/C21H24N4O3/c1-3-21(26)22-14-10-11-24-18-9-8-15(25(27)28)13-20(18)23(2)17-7-5-4-6-16(17)19(24)12-14/h4-9,13-14,19H,3,10-12H2,1-2H3,(H,22,26)/t14-,19+/m0/s1. The first kappa shape index (κ1) is 18.3. The average Bonchev–Trinajstić information content (AvgIpc) is 2.81. The van der Waals surface area contributed by atoms with Gasteiger partial charge in [-0.1, -0.05) is 25.1 Å². The Morgan fingerprint density at radius 3 is 2.75 bits per heavy atom. The van der Waals surface area contributed by atoms with Crippen LogP contribution in [-0.4, -0.2) is 30.5 Å². The first-order valence-electron chi connectivity index (χ1n) is 9.66. The van der Waals surface area contributed by atoms with Gasteiger partial charge in [-0.15, -0.1) is 0 Å². The number of hydrogen-bond donors (Lipinski definition) is 1. The fraction of sp³-hybridized carbons (Fsp3) is 0.381. The molecule has 28 heavy (non-hydrogen) atoms. The number of nitrogens with one attached hydrogen (secondary N) is 1. The smallest absolute Gasteiger partial charge is 0.271 e. The Bertz CT molecular complexity index is 930. The predicted molar refractivity (Wildman–Crippen MR) is 109 cm³/mol. The summed E-state index contributed by atoms with van der Waals surface area (Å²) in [6.45, 7) is 2.65. The molecule has 0 spiro atoms. The molecule has 2 atom stereocenters. The number of rotatable bonds is 3. The molecular formula is C21H24N4O3. The van der Waals surface area contributed by atoms with Crippen molar-refractivity contribution in [3.8, 4) is 0 Å². The van der Waals surface area contributed by atoms with Gasteiger partial charge >= 0.3 is 0 Å². The number of amides is 1. The Labute approximate surface area is 164 Å². The lowest BCUT2D eigenvalue weighted by Gasteiger charge is -2.41. The van der Waals surface area contributed by atoms with Crippen LogP contribution in [0.15, 0.2) is 42.5 Å². The van der Waals surface area contributed by atoms with E-state index in [-0.39, 0.29) is 28.6 Å². The van der Waals surface area contributed by atoms with Crippen molar-refractivity contribution in [2.45, 2.75) is 38.3 Å². The first-order chi connectivity index (χ1) is 13.5. The van der Waals surface area contributed by atoms with Gasteiger partial charge in [0, 0.05) is 43.9 Å². The molecule has 2 heterocycles. The zero-order valence-corrected chi connectivity index (χ0v) is 16.1. The van der Waals surface area contributed by atoms with Gasteiger partial charge in [0.05, 0.1) is 22.3 Å². The van der Waals surface area contributed by atoms with Gasteiger partial charge in [-0.2, -0.15) is 0 Å². The molecule has 0 radical (unpaired) electrons. The molecular weight excluding hydrogens is 356 g/mol. The fourth-order valence-corrected chi connectivity index (χ4v) is 4.35. The van der Waals surface area contributed by atoms with Crippen molar-refractivity contribution in [1.29, 1.82) is 0 Å². The van der Waals surface area contributed by atoms with E-state index in [1.54, 1.807) is 12.1 Å². The highest BCUT2D eigenvalue weighted by molar-refractivity contribution is 5.83. The second kappa shape index (κ2) is 7.14. The molecule has 146 valence electrons. The van der Waals surface area contributed by atoms with Gasteiger partial charge in [0.2, 0.25) is 5.91 Å². The van der Waals surface area contributed by atoms with E-state index in [0.717, 1.165) is 36.4 Å². The molecule has 1 amide bonds. The van der Waals surface area contributed by atoms with Gasteiger partial charge in [-0.25, -0.2) is 0 Å². The van der Waals surface area contributed by atoms with Crippen molar-refractivity contribution in [2.24, 2.45) is 0 Å². The van der Waals surface area contributed by atoms with Crippen molar-refractivity contribution < 1.29 is 9.72 Å². The molecule has 1 N–H and O–H groups in total. The van der Waals surface area contributed by atoms with Crippen LogP contribution < -0.4 is 15.1 Å². The summed E-state index contributed by atoms with van der Waals surface area (Å²) < 4.78 is 0. The zero-order chi connectivity index (χ0) is 19.8. The topological polar surface area (TPSA) is 78.7 Å². The summed E-state index contributed by atoms with van der Waals surface area (Å²) in [4.78, 5) is 27.2. The third-order valence-corrected chi connectivity index (χ3v) is 5.79. The van der Waals surface area contributed by atoms with Crippen molar-refractivity contribution in [3.05, 3.63) is 58.1 Å². The molecule has 2 aliphatic rings. The molecule has 1 fully saturated rings. The molecule has 2 aromatic rings. The Morgan fingerprint density at radius 1 is 1.21 bits per heavy atom. The van der Waals surface area contributed by atoms with Crippen molar-refractivity contribution >= 4 is 28.7 Å². The number of carbonyl (C=O) groups excluding carboxylic acids is 1. The number of benzene rings is 2. The Hall–Kier alpha value is -3.09. The van der Waals surface area contributed by atoms with Gasteiger partial charge in [0.15, 0.2) is 0 Å². The van der Waals surface area contributed by atoms with E-state index in [9.17, 15) is 14.9 Å². The Kier molecular flexibility index (Phi) is 4.66. The molecule has 2 aliphatic heterocycles. The van der Waals surface area contributed by atoms with Crippen LogP contribution in [0.3, 0.4) is 0 Å². The van der Waals surface area contributed by atoms with Crippen molar-refractivity contribution in [3.63, 3.8) is 0 Å². The third-order valence-electron chi connectivity index (χ3n) is 5.79. The molecule has 2 aromatic carbocycles. The molecule has 1 saturated heterocycles. The zero-order valence-electron chi connectivity index (χ0n) is 16.1. The van der Waals surface area contributed by atoms with Crippen LogP contribution in [0.4, 0.5) is 22.7 Å². The Morgan fingerprint density at radius 2 is 2.00 bits per heavy atom. The van der Waals surface area contributed by atoms with Crippen LogP contribution in [0.25, 0.3) is 0 Å². The SMILES string of the molecule is CCC(=O)N[C@H]1CCN2c3ccc([N+](=O)[O-])cc3N(C)c3ccccc3[C@H]2C1. The summed E-state index contributed by atoms with van der Waals surface area (Å²) in [5.74, 6) is 0.0773. The number of anilines is 3. The number of piperidine rings is 1. The van der Waals surface area contributed by atoms with E-state index in [1.165, 1.54) is 5.56 Å². The molecule has 0 bridgehead atoms. The van der Waals surface area contributed by atoms with Crippen molar-refractivity contribution in [2.75, 3.05) is 23.4 Å². The summed E-state index contributed by atoms with van der Waals surface area (Å²) in [6, 6.07) is 13.5. The molecule has 7 nitrogen and oxygen atoms in total. The maximum Gasteiger partial charge on any atom is 0.271 e. The molecule has 0 unspecified atom stereocenters. The normalized spacial score (nSPS) is 20.5. The van der Waals surface area contributed by atoms with Crippen LogP contribution in [-0.2, 0) is 4.79 Å². The lowest BCUT2D eigenvalue weighted by Crippen LogP contribution is -2.46. The summed E-state index contributed by atoms with van der Waals surface area (Å²) in [5.41, 5.74) is 4.14. The minimum atomic E-state index is -0.352. The Balaban J connectivity index is 1.80. The monoisotopic (exact) mass is 380 g/mol. The van der Waals surface area contributed by atoms with Crippen molar-refractivity contribution in [1.82, 2.24) is 5.32 Å². The number of carbonyl (C=O) groups is 1. The quantitative estimate of drug-likeness (QED) is 0.645. The van der Waals surface area contributed by atoms with Crippen LogP contribution in [0.2, 0.25) is 0 Å². The first-order valence-corrected chi connectivity index (χ1v) is 9.66. The summed E-state index contributed by atoms with van der Waals surface area (Å²) in [6.07, 6.45) is 2.15. The number of nitrogens with zero attached hydrogens (tertiary/aromatic N) is 3. The van der Waals surface area contributed by atoms with E-state index < -0.39 is 0 Å². The van der Waals surface area contributed by atoms with E-state index in [1.807, 2.05) is 37.1 Å². The minimum Gasteiger partial charge on any atom is -0.363 e. The number of nitro benzene ring substituents is 1. The van der Waals surface area contributed by atoms with E-state index in [0.29, 0.717) is 6.42 Å².